The van der Waals surface area contributed by atoms with Crippen molar-refractivity contribution in [2.75, 3.05) is 32.8 Å². The molecule has 1 aliphatic rings. The van der Waals surface area contributed by atoms with Crippen LogP contribution < -0.4 is 5.32 Å². The number of nitrogens with one attached hydrogen (secondary N) is 1. The summed E-state index contributed by atoms with van der Waals surface area (Å²) >= 11 is 1.73. The first-order chi connectivity index (χ1) is 11.2. The van der Waals surface area contributed by atoms with E-state index in [4.69, 9.17) is 4.74 Å². The van der Waals surface area contributed by atoms with Gasteiger partial charge in [-0.1, -0.05) is 6.07 Å². The number of thiophene rings is 1. The van der Waals surface area contributed by atoms with Gasteiger partial charge < -0.3 is 10.1 Å². The molecule has 124 valence electrons. The number of rotatable bonds is 5. The second kappa shape index (κ2) is 7.25. The predicted octanol–water partition coefficient (Wildman–Crippen LogP) is 1.59. The van der Waals surface area contributed by atoms with Gasteiger partial charge in [0.15, 0.2) is 0 Å². The van der Waals surface area contributed by atoms with Gasteiger partial charge in [-0.2, -0.15) is 5.10 Å². The second-order valence-corrected chi connectivity index (χ2v) is 6.64. The Morgan fingerprint density at radius 1 is 1.48 bits per heavy atom. The van der Waals surface area contributed by atoms with E-state index >= 15 is 0 Å². The molecule has 6 nitrogen and oxygen atoms in total. The number of hydrogen-bond acceptors (Lipinski definition) is 5. The Labute approximate surface area is 140 Å². The van der Waals surface area contributed by atoms with Crippen molar-refractivity contribution >= 4 is 17.2 Å². The molecule has 1 unspecified atom stereocenters. The van der Waals surface area contributed by atoms with Crippen LogP contribution in [0, 0.1) is 6.92 Å². The lowest BCUT2D eigenvalue weighted by Gasteiger charge is -2.34. The Morgan fingerprint density at radius 3 is 2.87 bits per heavy atom. The van der Waals surface area contributed by atoms with E-state index in [0.29, 0.717) is 12.1 Å². The summed E-state index contributed by atoms with van der Waals surface area (Å²) < 4.78 is 7.16. The van der Waals surface area contributed by atoms with Crippen LogP contribution in [0.25, 0.3) is 0 Å². The molecular weight excluding hydrogens is 312 g/mol. The fourth-order valence-electron chi connectivity index (χ4n) is 2.79. The monoisotopic (exact) mass is 334 g/mol. The Bertz CT molecular complexity index is 647. The summed E-state index contributed by atoms with van der Waals surface area (Å²) in [6.07, 6.45) is 1.62. The third-order valence-electron chi connectivity index (χ3n) is 4.29. The molecule has 0 bridgehead atoms. The number of ether oxygens (including phenoxy) is 1. The maximum Gasteiger partial charge on any atom is 0.254 e. The van der Waals surface area contributed by atoms with Crippen LogP contribution in [0.15, 0.2) is 23.7 Å². The molecule has 0 aromatic carbocycles. The van der Waals surface area contributed by atoms with Gasteiger partial charge in [0.2, 0.25) is 0 Å². The molecule has 0 saturated carbocycles. The molecule has 1 aliphatic heterocycles. The summed E-state index contributed by atoms with van der Waals surface area (Å²) in [6.45, 7) is 5.78. The highest BCUT2D eigenvalue weighted by Gasteiger charge is 2.24. The van der Waals surface area contributed by atoms with Gasteiger partial charge in [0, 0.05) is 37.3 Å². The van der Waals surface area contributed by atoms with E-state index in [-0.39, 0.29) is 11.9 Å². The van der Waals surface area contributed by atoms with Gasteiger partial charge >= 0.3 is 0 Å². The van der Waals surface area contributed by atoms with E-state index < -0.39 is 0 Å². The molecule has 3 rings (SSSR count). The van der Waals surface area contributed by atoms with Gasteiger partial charge in [-0.15, -0.1) is 11.3 Å². The Balaban J connectivity index is 1.69. The highest BCUT2D eigenvalue weighted by Crippen LogP contribution is 2.25. The summed E-state index contributed by atoms with van der Waals surface area (Å²) in [6, 6.07) is 4.38. The highest BCUT2D eigenvalue weighted by molar-refractivity contribution is 7.10. The van der Waals surface area contributed by atoms with Crippen LogP contribution >= 0.6 is 11.3 Å². The van der Waals surface area contributed by atoms with E-state index in [0.717, 1.165) is 32.0 Å². The molecule has 1 fully saturated rings. The largest absolute Gasteiger partial charge is 0.379 e. The van der Waals surface area contributed by atoms with Crippen molar-refractivity contribution in [2.24, 2.45) is 7.05 Å². The third kappa shape index (κ3) is 3.63. The molecule has 1 atom stereocenters. The summed E-state index contributed by atoms with van der Waals surface area (Å²) in [5.41, 5.74) is 1.51. The molecule has 1 saturated heterocycles. The van der Waals surface area contributed by atoms with Crippen molar-refractivity contribution in [3.8, 4) is 0 Å². The van der Waals surface area contributed by atoms with Gasteiger partial charge in [-0.25, -0.2) is 0 Å². The van der Waals surface area contributed by atoms with Crippen LogP contribution in [0.5, 0.6) is 0 Å². The SMILES string of the molecule is Cc1c(C(=O)NCC(c2cccs2)N2CCOCC2)cnn1C. The number of morpholine rings is 1. The van der Waals surface area contributed by atoms with Crippen LogP contribution in [0.3, 0.4) is 0 Å². The van der Waals surface area contributed by atoms with Crippen LogP contribution in [-0.2, 0) is 11.8 Å². The fourth-order valence-corrected chi connectivity index (χ4v) is 3.65. The molecule has 23 heavy (non-hydrogen) atoms. The van der Waals surface area contributed by atoms with Gasteiger partial charge in [-0.3, -0.25) is 14.4 Å². The zero-order chi connectivity index (χ0) is 16.2. The lowest BCUT2D eigenvalue weighted by Crippen LogP contribution is -2.43. The molecular formula is C16H22N4O2S. The van der Waals surface area contributed by atoms with Crippen LogP contribution in [0.4, 0.5) is 0 Å². The number of hydrogen-bond donors (Lipinski definition) is 1. The van der Waals surface area contributed by atoms with E-state index in [1.54, 1.807) is 22.2 Å². The lowest BCUT2D eigenvalue weighted by atomic mass is 10.1. The van der Waals surface area contributed by atoms with Crippen molar-refractivity contribution in [1.82, 2.24) is 20.0 Å². The molecule has 2 aromatic heterocycles. The number of carbonyl (C=O) groups is 1. The maximum absolute atomic E-state index is 12.4. The van der Waals surface area contributed by atoms with Gasteiger partial charge in [-0.05, 0) is 18.4 Å². The molecule has 1 amide bonds. The topological polar surface area (TPSA) is 59.4 Å². The van der Waals surface area contributed by atoms with Crippen LogP contribution in [0.2, 0.25) is 0 Å². The van der Waals surface area contributed by atoms with Gasteiger partial charge in [0.25, 0.3) is 5.91 Å². The summed E-state index contributed by atoms with van der Waals surface area (Å²) in [4.78, 5) is 16.1. The molecule has 1 N–H and O–H groups in total. The van der Waals surface area contributed by atoms with E-state index in [9.17, 15) is 4.79 Å². The first-order valence-electron chi connectivity index (χ1n) is 7.79. The van der Waals surface area contributed by atoms with E-state index in [1.807, 2.05) is 14.0 Å². The molecule has 3 heterocycles. The average molecular weight is 334 g/mol. The Hall–Kier alpha value is -1.70. The van der Waals surface area contributed by atoms with Crippen molar-refractivity contribution in [3.63, 3.8) is 0 Å². The maximum atomic E-state index is 12.4. The molecule has 7 heteroatoms. The minimum atomic E-state index is -0.0644. The van der Waals surface area contributed by atoms with E-state index in [2.05, 4.69) is 32.8 Å². The quantitative estimate of drug-likeness (QED) is 0.902. The van der Waals surface area contributed by atoms with Crippen LogP contribution in [0.1, 0.15) is 27.0 Å². The lowest BCUT2D eigenvalue weighted by molar-refractivity contribution is 0.0169. The normalized spacial score (nSPS) is 17.1. The smallest absolute Gasteiger partial charge is 0.254 e. The Kier molecular flexibility index (Phi) is 5.09. The number of aryl methyl sites for hydroxylation is 1. The first kappa shape index (κ1) is 16.2. The minimum Gasteiger partial charge on any atom is -0.379 e. The standard InChI is InChI=1S/C16H22N4O2S/c1-12-13(10-18-19(12)2)16(21)17-11-14(15-4-3-9-23-15)20-5-7-22-8-6-20/h3-4,9-10,14H,5-8,11H2,1-2H3,(H,17,21). The van der Waals surface area contributed by atoms with Gasteiger partial charge in [0.1, 0.15) is 0 Å². The molecule has 0 radical (unpaired) electrons. The number of carbonyl (C=O) groups excluding carboxylic acids is 1. The van der Waals surface area contributed by atoms with Crippen molar-refractivity contribution in [1.29, 1.82) is 0 Å². The summed E-state index contributed by atoms with van der Waals surface area (Å²) in [5, 5.41) is 9.28. The minimum absolute atomic E-state index is 0.0644. The highest BCUT2D eigenvalue weighted by atomic mass is 32.1. The zero-order valence-electron chi connectivity index (χ0n) is 13.5. The summed E-state index contributed by atoms with van der Waals surface area (Å²) in [7, 11) is 1.84. The zero-order valence-corrected chi connectivity index (χ0v) is 14.3. The van der Waals surface area contributed by atoms with Crippen molar-refractivity contribution in [2.45, 2.75) is 13.0 Å². The summed E-state index contributed by atoms with van der Waals surface area (Å²) in [5.74, 6) is -0.0644. The van der Waals surface area contributed by atoms with Gasteiger partial charge in [0.05, 0.1) is 31.0 Å². The number of amides is 1. The van der Waals surface area contributed by atoms with Crippen molar-refractivity contribution in [3.05, 3.63) is 39.8 Å². The van der Waals surface area contributed by atoms with Crippen LogP contribution in [-0.4, -0.2) is 53.4 Å². The molecule has 0 spiro atoms. The number of aromatic nitrogens is 2. The second-order valence-electron chi connectivity index (χ2n) is 5.66. The average Bonchev–Trinajstić information content (AvgIpc) is 3.20. The number of nitrogens with zero attached hydrogens (tertiary/aromatic N) is 3. The third-order valence-corrected chi connectivity index (χ3v) is 5.27. The Morgan fingerprint density at radius 2 is 2.26 bits per heavy atom. The molecule has 0 aliphatic carbocycles. The fraction of sp³-hybridized carbons (Fsp3) is 0.500. The van der Waals surface area contributed by atoms with E-state index in [1.165, 1.54) is 4.88 Å². The first-order valence-corrected chi connectivity index (χ1v) is 8.67. The predicted molar refractivity (Wildman–Crippen MR) is 89.7 cm³/mol. The molecule has 2 aromatic rings. The van der Waals surface area contributed by atoms with Crippen molar-refractivity contribution < 1.29 is 9.53 Å².